The zero-order valence-electron chi connectivity index (χ0n) is 13.7. The van der Waals surface area contributed by atoms with Gasteiger partial charge in [-0.25, -0.2) is 0 Å². The van der Waals surface area contributed by atoms with E-state index in [9.17, 15) is 4.79 Å². The molecule has 126 valence electrons. The second-order valence-corrected chi connectivity index (χ2v) is 7.71. The molecule has 0 spiro atoms. The molecule has 1 saturated carbocycles. The molecular formula is C19H27ClN2O. The Kier molecular flexibility index (Phi) is 5.60. The second kappa shape index (κ2) is 7.67. The Labute approximate surface area is 144 Å². The highest BCUT2D eigenvalue weighted by Crippen LogP contribution is 2.28. The van der Waals surface area contributed by atoms with E-state index in [4.69, 9.17) is 17.3 Å². The summed E-state index contributed by atoms with van der Waals surface area (Å²) in [5.41, 5.74) is 7.52. The maximum absolute atomic E-state index is 12.8. The smallest absolute Gasteiger partial charge is 0.225 e. The van der Waals surface area contributed by atoms with Crippen molar-refractivity contribution in [2.75, 3.05) is 13.1 Å². The minimum absolute atomic E-state index is 0.105. The van der Waals surface area contributed by atoms with Crippen LogP contribution in [-0.4, -0.2) is 29.9 Å². The molecule has 0 bridgehead atoms. The van der Waals surface area contributed by atoms with Gasteiger partial charge < -0.3 is 10.6 Å². The summed E-state index contributed by atoms with van der Waals surface area (Å²) < 4.78 is 0. The van der Waals surface area contributed by atoms with Gasteiger partial charge in [0, 0.05) is 30.1 Å². The van der Waals surface area contributed by atoms with Crippen molar-refractivity contribution >= 4 is 17.5 Å². The fourth-order valence-electron chi connectivity index (χ4n) is 4.14. The Morgan fingerprint density at radius 1 is 1.13 bits per heavy atom. The van der Waals surface area contributed by atoms with Crippen molar-refractivity contribution in [3.05, 3.63) is 34.9 Å². The van der Waals surface area contributed by atoms with Gasteiger partial charge in [-0.2, -0.15) is 0 Å². The Morgan fingerprint density at radius 2 is 1.83 bits per heavy atom. The highest BCUT2D eigenvalue weighted by molar-refractivity contribution is 6.30. The summed E-state index contributed by atoms with van der Waals surface area (Å²) in [5.74, 6) is 1.04. The Hall–Kier alpha value is -1.06. The van der Waals surface area contributed by atoms with Crippen molar-refractivity contribution < 1.29 is 4.79 Å². The van der Waals surface area contributed by atoms with Crippen LogP contribution in [0.25, 0.3) is 0 Å². The van der Waals surface area contributed by atoms with Gasteiger partial charge in [-0.1, -0.05) is 43.0 Å². The van der Waals surface area contributed by atoms with Crippen LogP contribution in [0.5, 0.6) is 0 Å². The fraction of sp³-hybridized carbons (Fsp3) is 0.632. The third-order valence-electron chi connectivity index (χ3n) is 5.27. The van der Waals surface area contributed by atoms with Gasteiger partial charge in [0.25, 0.3) is 0 Å². The molecule has 3 nitrogen and oxygen atoms in total. The van der Waals surface area contributed by atoms with Crippen LogP contribution in [0.3, 0.4) is 0 Å². The molecule has 1 heterocycles. The van der Waals surface area contributed by atoms with E-state index >= 15 is 0 Å². The molecule has 2 atom stereocenters. The molecule has 1 aromatic carbocycles. The highest BCUT2D eigenvalue weighted by Gasteiger charge is 2.32. The Balaban J connectivity index is 1.61. The molecule has 1 aliphatic heterocycles. The topological polar surface area (TPSA) is 46.3 Å². The largest absolute Gasteiger partial charge is 0.341 e. The van der Waals surface area contributed by atoms with E-state index in [1.54, 1.807) is 0 Å². The zero-order valence-corrected chi connectivity index (χ0v) is 14.5. The molecule has 23 heavy (non-hydrogen) atoms. The number of hydrogen-bond donors (Lipinski definition) is 1. The molecule has 0 radical (unpaired) electrons. The lowest BCUT2D eigenvalue weighted by Crippen LogP contribution is -2.51. The third-order valence-corrected chi connectivity index (χ3v) is 5.53. The van der Waals surface area contributed by atoms with Gasteiger partial charge in [0.1, 0.15) is 0 Å². The fourth-order valence-corrected chi connectivity index (χ4v) is 4.26. The Bertz CT molecular complexity index is 525. The van der Waals surface area contributed by atoms with Crippen LogP contribution in [0.15, 0.2) is 24.3 Å². The summed E-state index contributed by atoms with van der Waals surface area (Å²) in [6, 6.07) is 8.13. The van der Waals surface area contributed by atoms with Gasteiger partial charge in [-0.3, -0.25) is 4.79 Å². The van der Waals surface area contributed by atoms with Gasteiger partial charge >= 0.3 is 0 Å². The lowest BCUT2D eigenvalue weighted by molar-refractivity contribution is -0.138. The predicted octanol–water partition coefficient (Wildman–Crippen LogP) is 3.64. The van der Waals surface area contributed by atoms with Crippen molar-refractivity contribution in [1.29, 1.82) is 0 Å². The van der Waals surface area contributed by atoms with E-state index in [2.05, 4.69) is 12.1 Å². The monoisotopic (exact) mass is 334 g/mol. The van der Waals surface area contributed by atoms with Crippen LogP contribution in [0.4, 0.5) is 0 Å². The molecular weight excluding hydrogens is 308 g/mol. The maximum atomic E-state index is 12.8. The first-order valence-electron chi connectivity index (χ1n) is 8.90. The standard InChI is InChI=1S/C19H27ClN2O/c20-17-8-6-14(7-9-17)10-15-11-18(21)13-22(12-15)19(23)16-4-2-1-3-5-16/h6-9,15-16,18H,1-5,10-13,21H2. The van der Waals surface area contributed by atoms with Gasteiger partial charge in [-0.05, 0) is 49.3 Å². The number of benzene rings is 1. The van der Waals surface area contributed by atoms with Crippen molar-refractivity contribution in [3.8, 4) is 0 Å². The zero-order chi connectivity index (χ0) is 16.2. The van der Waals surface area contributed by atoms with Gasteiger partial charge in [0.2, 0.25) is 5.91 Å². The first-order valence-corrected chi connectivity index (χ1v) is 9.28. The highest BCUT2D eigenvalue weighted by atomic mass is 35.5. The number of halogens is 1. The number of hydrogen-bond acceptors (Lipinski definition) is 2. The molecule has 2 N–H and O–H groups in total. The molecule has 2 unspecified atom stereocenters. The minimum Gasteiger partial charge on any atom is -0.341 e. The van der Waals surface area contributed by atoms with E-state index in [1.165, 1.54) is 24.8 Å². The van der Waals surface area contributed by atoms with E-state index in [0.29, 0.717) is 11.8 Å². The number of carbonyl (C=O) groups excluding carboxylic acids is 1. The number of likely N-dealkylation sites (tertiary alicyclic amines) is 1. The normalized spacial score (nSPS) is 26.3. The average molecular weight is 335 g/mol. The third kappa shape index (κ3) is 4.48. The average Bonchev–Trinajstić information content (AvgIpc) is 2.56. The SMILES string of the molecule is NC1CC(Cc2ccc(Cl)cc2)CN(C(=O)C2CCCCC2)C1. The van der Waals surface area contributed by atoms with E-state index < -0.39 is 0 Å². The molecule has 2 fully saturated rings. The Morgan fingerprint density at radius 3 is 2.52 bits per heavy atom. The van der Waals surface area contributed by atoms with Crippen molar-refractivity contribution in [2.24, 2.45) is 17.6 Å². The molecule has 3 rings (SSSR count). The number of rotatable bonds is 3. The molecule has 1 amide bonds. The molecule has 1 aromatic rings. The summed E-state index contributed by atoms with van der Waals surface area (Å²) in [6.07, 6.45) is 7.77. The number of amides is 1. The molecule has 1 aliphatic carbocycles. The van der Waals surface area contributed by atoms with E-state index in [-0.39, 0.29) is 12.0 Å². The van der Waals surface area contributed by atoms with Gasteiger partial charge in [0.15, 0.2) is 0 Å². The lowest BCUT2D eigenvalue weighted by atomic mass is 9.85. The minimum atomic E-state index is 0.105. The van der Waals surface area contributed by atoms with Crippen LogP contribution in [0.1, 0.15) is 44.1 Å². The lowest BCUT2D eigenvalue weighted by Gasteiger charge is -2.38. The maximum Gasteiger partial charge on any atom is 0.225 e. The molecule has 2 aliphatic rings. The van der Waals surface area contributed by atoms with Crippen molar-refractivity contribution in [3.63, 3.8) is 0 Å². The van der Waals surface area contributed by atoms with Crippen molar-refractivity contribution in [1.82, 2.24) is 4.90 Å². The number of piperidine rings is 1. The summed E-state index contributed by atoms with van der Waals surface area (Å²) in [7, 11) is 0. The molecule has 0 aromatic heterocycles. The van der Waals surface area contributed by atoms with Crippen molar-refractivity contribution in [2.45, 2.75) is 51.0 Å². The van der Waals surface area contributed by atoms with Gasteiger partial charge in [-0.15, -0.1) is 0 Å². The van der Waals surface area contributed by atoms with Gasteiger partial charge in [0.05, 0.1) is 0 Å². The first kappa shape index (κ1) is 16.8. The summed E-state index contributed by atoms with van der Waals surface area (Å²) >= 11 is 5.96. The van der Waals surface area contributed by atoms with Crippen LogP contribution in [0.2, 0.25) is 5.02 Å². The quantitative estimate of drug-likeness (QED) is 0.917. The van der Waals surface area contributed by atoms with E-state index in [0.717, 1.165) is 43.8 Å². The number of carbonyl (C=O) groups is 1. The van der Waals surface area contributed by atoms with E-state index in [1.807, 2.05) is 17.0 Å². The van der Waals surface area contributed by atoms with Crippen LogP contribution in [-0.2, 0) is 11.2 Å². The molecule has 4 heteroatoms. The summed E-state index contributed by atoms with van der Waals surface area (Å²) in [5, 5.41) is 0.767. The summed E-state index contributed by atoms with van der Waals surface area (Å²) in [6.45, 7) is 1.58. The van der Waals surface area contributed by atoms with Crippen LogP contribution < -0.4 is 5.73 Å². The summed E-state index contributed by atoms with van der Waals surface area (Å²) in [4.78, 5) is 14.8. The predicted molar refractivity (Wildman–Crippen MR) is 94.4 cm³/mol. The molecule has 1 saturated heterocycles. The first-order chi connectivity index (χ1) is 11.1. The number of nitrogens with zero attached hydrogens (tertiary/aromatic N) is 1. The number of nitrogens with two attached hydrogens (primary N) is 1. The second-order valence-electron chi connectivity index (χ2n) is 7.27. The van der Waals surface area contributed by atoms with Crippen LogP contribution in [0, 0.1) is 11.8 Å². The van der Waals surface area contributed by atoms with Crippen LogP contribution >= 0.6 is 11.6 Å².